The number of nitrogens with one attached hydrogen (secondary N) is 1. The van der Waals surface area contributed by atoms with E-state index in [0.29, 0.717) is 18.2 Å². The summed E-state index contributed by atoms with van der Waals surface area (Å²) >= 11 is 0. The predicted molar refractivity (Wildman–Crippen MR) is 77.5 cm³/mol. The molecule has 0 bridgehead atoms. The van der Waals surface area contributed by atoms with Crippen molar-refractivity contribution < 1.29 is 5.11 Å². The number of rotatable bonds is 4. The van der Waals surface area contributed by atoms with E-state index in [1.54, 1.807) is 0 Å². The zero-order valence-corrected chi connectivity index (χ0v) is 11.4. The second-order valence-electron chi connectivity index (χ2n) is 5.43. The quantitative estimate of drug-likeness (QED) is 0.876. The van der Waals surface area contributed by atoms with Crippen LogP contribution >= 0.6 is 0 Å². The van der Waals surface area contributed by atoms with Crippen molar-refractivity contribution in [3.8, 4) is 0 Å². The smallest absolute Gasteiger partial charge is 0.271 e. The van der Waals surface area contributed by atoms with Crippen LogP contribution in [-0.2, 0) is 6.54 Å². The molecule has 2 heterocycles. The van der Waals surface area contributed by atoms with E-state index >= 15 is 0 Å². The van der Waals surface area contributed by atoms with Gasteiger partial charge in [-0.25, -0.2) is 4.98 Å². The number of hydrogen-bond donors (Lipinski definition) is 2. The molecule has 5 heteroatoms. The van der Waals surface area contributed by atoms with Gasteiger partial charge in [0, 0.05) is 19.7 Å². The molecule has 1 saturated heterocycles. The van der Waals surface area contributed by atoms with Gasteiger partial charge in [-0.2, -0.15) is 0 Å². The van der Waals surface area contributed by atoms with Gasteiger partial charge in [0.05, 0.1) is 11.0 Å². The summed E-state index contributed by atoms with van der Waals surface area (Å²) < 4.78 is 0. The molecule has 1 fully saturated rings. The van der Waals surface area contributed by atoms with Gasteiger partial charge in [-0.1, -0.05) is 12.1 Å². The summed E-state index contributed by atoms with van der Waals surface area (Å²) in [5.74, 6) is 0.541. The molecule has 0 aliphatic carbocycles. The molecule has 1 atom stereocenters. The Bertz CT molecular complexity index is 653. The minimum Gasteiger partial charge on any atom is -0.396 e. The van der Waals surface area contributed by atoms with E-state index in [9.17, 15) is 4.79 Å². The summed E-state index contributed by atoms with van der Waals surface area (Å²) in [6, 6.07) is 7.58. The standard InChI is InChI=1S/C15H19N3O2/c19-8-6-11-5-7-18(9-11)10-14-15(20)17-13-4-2-1-3-12(13)16-14/h1-4,11,19H,5-10H2,(H,17,20). The van der Waals surface area contributed by atoms with Gasteiger partial charge in [-0.15, -0.1) is 0 Å². The number of nitrogens with zero attached hydrogens (tertiary/aromatic N) is 2. The van der Waals surface area contributed by atoms with Crippen LogP contribution in [0, 0.1) is 5.92 Å². The molecule has 1 aliphatic rings. The Labute approximate surface area is 117 Å². The van der Waals surface area contributed by atoms with Crippen LogP contribution in [0.15, 0.2) is 29.1 Å². The highest BCUT2D eigenvalue weighted by atomic mass is 16.3. The Kier molecular flexibility index (Phi) is 3.80. The second-order valence-corrected chi connectivity index (χ2v) is 5.43. The topological polar surface area (TPSA) is 69.2 Å². The van der Waals surface area contributed by atoms with E-state index in [-0.39, 0.29) is 12.2 Å². The largest absolute Gasteiger partial charge is 0.396 e. The molecular weight excluding hydrogens is 254 g/mol. The maximum Gasteiger partial charge on any atom is 0.271 e. The number of fused-ring (bicyclic) bond motifs is 1. The van der Waals surface area contributed by atoms with Crippen molar-refractivity contribution in [3.05, 3.63) is 40.3 Å². The van der Waals surface area contributed by atoms with Gasteiger partial charge in [0.25, 0.3) is 5.56 Å². The van der Waals surface area contributed by atoms with Gasteiger partial charge in [-0.3, -0.25) is 9.69 Å². The molecule has 106 valence electrons. The number of H-pyrrole nitrogens is 1. The van der Waals surface area contributed by atoms with Crippen LogP contribution in [0.25, 0.3) is 11.0 Å². The first kappa shape index (κ1) is 13.3. The summed E-state index contributed by atoms with van der Waals surface area (Å²) in [5.41, 5.74) is 2.08. The number of benzene rings is 1. The first-order valence-electron chi connectivity index (χ1n) is 7.07. The zero-order chi connectivity index (χ0) is 13.9. The molecule has 0 radical (unpaired) electrons. The van der Waals surface area contributed by atoms with Crippen molar-refractivity contribution in [2.24, 2.45) is 5.92 Å². The minimum atomic E-state index is -0.102. The van der Waals surface area contributed by atoms with Gasteiger partial charge < -0.3 is 10.1 Å². The normalized spacial score (nSPS) is 19.8. The number of para-hydroxylation sites is 2. The van der Waals surface area contributed by atoms with Crippen LogP contribution in [0.1, 0.15) is 18.5 Å². The van der Waals surface area contributed by atoms with Crippen LogP contribution in [0.3, 0.4) is 0 Å². The van der Waals surface area contributed by atoms with Gasteiger partial charge in [0.1, 0.15) is 5.69 Å². The van der Waals surface area contributed by atoms with Crippen LogP contribution in [-0.4, -0.2) is 39.7 Å². The molecule has 2 aromatic rings. The molecule has 5 nitrogen and oxygen atoms in total. The number of likely N-dealkylation sites (tertiary alicyclic amines) is 1. The summed E-state index contributed by atoms with van der Waals surface area (Å²) in [5, 5.41) is 8.98. The van der Waals surface area contributed by atoms with Gasteiger partial charge in [0.15, 0.2) is 0 Å². The Morgan fingerprint density at radius 3 is 3.10 bits per heavy atom. The third-order valence-corrected chi connectivity index (χ3v) is 3.95. The van der Waals surface area contributed by atoms with Crippen molar-refractivity contribution in [3.63, 3.8) is 0 Å². The highest BCUT2D eigenvalue weighted by Crippen LogP contribution is 2.20. The Hall–Kier alpha value is -1.72. The van der Waals surface area contributed by atoms with Gasteiger partial charge in [0.2, 0.25) is 0 Å². The van der Waals surface area contributed by atoms with E-state index < -0.39 is 0 Å². The van der Waals surface area contributed by atoms with E-state index in [1.807, 2.05) is 24.3 Å². The first-order valence-corrected chi connectivity index (χ1v) is 7.07. The first-order chi connectivity index (χ1) is 9.76. The van der Waals surface area contributed by atoms with E-state index in [1.165, 1.54) is 0 Å². The summed E-state index contributed by atoms with van der Waals surface area (Å²) in [7, 11) is 0. The highest BCUT2D eigenvalue weighted by molar-refractivity contribution is 5.73. The maximum atomic E-state index is 12.0. The fraction of sp³-hybridized carbons (Fsp3) is 0.467. The Morgan fingerprint density at radius 2 is 2.25 bits per heavy atom. The lowest BCUT2D eigenvalue weighted by molar-refractivity contribution is 0.248. The van der Waals surface area contributed by atoms with Crippen LogP contribution in [0.2, 0.25) is 0 Å². The number of aliphatic hydroxyl groups excluding tert-OH is 1. The van der Waals surface area contributed by atoms with Crippen molar-refractivity contribution in [2.75, 3.05) is 19.7 Å². The number of aromatic nitrogens is 2. The summed E-state index contributed by atoms with van der Waals surface area (Å²) in [6.07, 6.45) is 1.93. The van der Waals surface area contributed by atoms with Crippen LogP contribution in [0.5, 0.6) is 0 Å². The molecule has 3 rings (SSSR count). The van der Waals surface area contributed by atoms with Crippen molar-refractivity contribution in [2.45, 2.75) is 19.4 Å². The molecular formula is C15H19N3O2. The SMILES string of the molecule is O=c1[nH]c2ccccc2nc1CN1CCC(CCO)C1. The van der Waals surface area contributed by atoms with Crippen molar-refractivity contribution in [1.82, 2.24) is 14.9 Å². The molecule has 0 amide bonds. The zero-order valence-electron chi connectivity index (χ0n) is 11.4. The summed E-state index contributed by atoms with van der Waals surface area (Å²) in [4.78, 5) is 21.6. The third-order valence-electron chi connectivity index (χ3n) is 3.95. The molecule has 1 unspecified atom stereocenters. The molecule has 0 saturated carbocycles. The number of aliphatic hydroxyl groups is 1. The van der Waals surface area contributed by atoms with E-state index in [2.05, 4.69) is 14.9 Å². The highest BCUT2D eigenvalue weighted by Gasteiger charge is 2.23. The van der Waals surface area contributed by atoms with Crippen molar-refractivity contribution >= 4 is 11.0 Å². The Balaban J connectivity index is 1.78. The van der Waals surface area contributed by atoms with Gasteiger partial charge in [-0.05, 0) is 37.4 Å². The second kappa shape index (κ2) is 5.73. The van der Waals surface area contributed by atoms with Gasteiger partial charge >= 0.3 is 0 Å². The van der Waals surface area contributed by atoms with Crippen LogP contribution in [0.4, 0.5) is 0 Å². The molecule has 2 N–H and O–H groups in total. The molecule has 20 heavy (non-hydrogen) atoms. The lowest BCUT2D eigenvalue weighted by Gasteiger charge is -2.15. The number of aromatic amines is 1. The van der Waals surface area contributed by atoms with Crippen molar-refractivity contribution in [1.29, 1.82) is 0 Å². The average molecular weight is 273 g/mol. The third kappa shape index (κ3) is 2.73. The van der Waals surface area contributed by atoms with Crippen LogP contribution < -0.4 is 5.56 Å². The maximum absolute atomic E-state index is 12.0. The summed E-state index contributed by atoms with van der Waals surface area (Å²) in [6.45, 7) is 2.74. The molecule has 1 aromatic carbocycles. The predicted octanol–water partition coefficient (Wildman–Crippen LogP) is 1.13. The van der Waals surface area contributed by atoms with E-state index in [0.717, 1.165) is 37.0 Å². The van der Waals surface area contributed by atoms with E-state index in [4.69, 9.17) is 5.11 Å². The molecule has 0 spiro atoms. The minimum absolute atomic E-state index is 0.102. The Morgan fingerprint density at radius 1 is 1.40 bits per heavy atom. The molecule has 1 aliphatic heterocycles. The lowest BCUT2D eigenvalue weighted by atomic mass is 10.1. The molecule has 1 aromatic heterocycles. The lowest BCUT2D eigenvalue weighted by Crippen LogP contribution is -2.26. The fourth-order valence-electron chi connectivity index (χ4n) is 2.86. The monoisotopic (exact) mass is 273 g/mol. The average Bonchev–Trinajstić information content (AvgIpc) is 2.87. The number of hydrogen-bond acceptors (Lipinski definition) is 4. The fourth-order valence-corrected chi connectivity index (χ4v) is 2.86.